The van der Waals surface area contributed by atoms with E-state index in [4.69, 9.17) is 10.5 Å². The Morgan fingerprint density at radius 1 is 1.07 bits per heavy atom. The molecule has 160 valence electrons. The third-order valence-corrected chi connectivity index (χ3v) is 5.65. The van der Waals surface area contributed by atoms with Gasteiger partial charge in [0.05, 0.1) is 32.3 Å². The number of amides is 3. The van der Waals surface area contributed by atoms with E-state index in [1.807, 2.05) is 48.5 Å². The van der Waals surface area contributed by atoms with Crippen molar-refractivity contribution in [2.24, 2.45) is 5.73 Å². The third kappa shape index (κ3) is 5.73. The number of benzene rings is 2. The summed E-state index contributed by atoms with van der Waals surface area (Å²) in [5.41, 5.74) is 7.36. The van der Waals surface area contributed by atoms with Gasteiger partial charge in [-0.1, -0.05) is 42.5 Å². The number of rotatable bonds is 9. The largest absolute Gasteiger partial charge is 0.496 e. The normalized spacial score (nSPS) is 15.9. The number of carbonyl (C=O) groups excluding carboxylic acids is 2. The Morgan fingerprint density at radius 3 is 2.40 bits per heavy atom. The minimum absolute atomic E-state index is 0.0820. The number of ether oxygens (including phenoxy) is 1. The summed E-state index contributed by atoms with van der Waals surface area (Å²) in [7, 11) is 1.67. The van der Waals surface area contributed by atoms with Crippen LogP contribution in [-0.2, 0) is 11.2 Å². The molecule has 30 heavy (non-hydrogen) atoms. The fraction of sp³-hybridized carbons (Fsp3) is 0.391. The molecule has 2 aromatic rings. The molecule has 1 fully saturated rings. The van der Waals surface area contributed by atoms with Gasteiger partial charge in [0.2, 0.25) is 5.91 Å². The summed E-state index contributed by atoms with van der Waals surface area (Å²) >= 11 is 0. The van der Waals surface area contributed by atoms with Gasteiger partial charge >= 0.3 is 6.03 Å². The molecule has 7 heteroatoms. The van der Waals surface area contributed by atoms with Gasteiger partial charge in [-0.25, -0.2) is 4.79 Å². The van der Waals surface area contributed by atoms with Crippen LogP contribution in [0.25, 0.3) is 0 Å². The molecular formula is C23H31N4O3+. The number of methoxy groups -OCH3 is 1. The summed E-state index contributed by atoms with van der Waals surface area (Å²) in [6.07, 6.45) is 2.73. The second-order valence-electron chi connectivity index (χ2n) is 7.66. The molecule has 3 rings (SSSR count). The molecule has 7 nitrogen and oxygen atoms in total. The summed E-state index contributed by atoms with van der Waals surface area (Å²) in [5.74, 6) is 0.586. The number of carbonyl (C=O) groups is 2. The highest BCUT2D eigenvalue weighted by atomic mass is 16.5. The van der Waals surface area contributed by atoms with E-state index >= 15 is 0 Å². The topological polar surface area (TPSA) is 97.9 Å². The molecular weight excluding hydrogens is 380 g/mol. The first-order valence-electron chi connectivity index (χ1n) is 10.4. The lowest BCUT2D eigenvalue weighted by atomic mass is 10.0. The van der Waals surface area contributed by atoms with Crippen LogP contribution >= 0.6 is 0 Å². The van der Waals surface area contributed by atoms with Crippen LogP contribution in [0.1, 0.15) is 30.0 Å². The number of nitrogens with one attached hydrogen (secondary N) is 3. The van der Waals surface area contributed by atoms with E-state index in [1.54, 1.807) is 7.11 Å². The van der Waals surface area contributed by atoms with Gasteiger partial charge in [-0.05, 0) is 17.7 Å². The molecule has 1 aliphatic rings. The molecule has 3 amide bonds. The molecule has 5 N–H and O–H groups in total. The highest BCUT2D eigenvalue weighted by molar-refractivity contribution is 5.86. The number of urea groups is 1. The fourth-order valence-electron chi connectivity index (χ4n) is 4.16. The lowest BCUT2D eigenvalue weighted by Gasteiger charge is -2.27. The highest BCUT2D eigenvalue weighted by Gasteiger charge is 2.31. The summed E-state index contributed by atoms with van der Waals surface area (Å²) in [5, 5.41) is 5.63. The molecule has 0 saturated carbocycles. The lowest BCUT2D eigenvalue weighted by molar-refractivity contribution is -0.918. The van der Waals surface area contributed by atoms with Gasteiger partial charge in [0, 0.05) is 19.3 Å². The van der Waals surface area contributed by atoms with E-state index in [9.17, 15) is 9.59 Å². The number of quaternary nitrogens is 1. The van der Waals surface area contributed by atoms with Gasteiger partial charge in [-0.15, -0.1) is 0 Å². The molecule has 0 aromatic heterocycles. The van der Waals surface area contributed by atoms with Crippen molar-refractivity contribution in [1.82, 2.24) is 10.6 Å². The number of primary amides is 1. The van der Waals surface area contributed by atoms with Crippen molar-refractivity contribution in [1.29, 1.82) is 0 Å². The first-order chi connectivity index (χ1) is 14.6. The fourth-order valence-corrected chi connectivity index (χ4v) is 4.16. The number of para-hydroxylation sites is 1. The average Bonchev–Trinajstić information content (AvgIpc) is 3.28. The van der Waals surface area contributed by atoms with Crippen molar-refractivity contribution in [3.05, 3.63) is 65.7 Å². The van der Waals surface area contributed by atoms with E-state index in [0.717, 1.165) is 30.0 Å². The van der Waals surface area contributed by atoms with Crippen LogP contribution in [-0.4, -0.2) is 44.7 Å². The Bertz CT molecular complexity index is 837. The van der Waals surface area contributed by atoms with Crippen LogP contribution in [0.3, 0.4) is 0 Å². The first-order valence-corrected chi connectivity index (χ1v) is 10.4. The third-order valence-electron chi connectivity index (χ3n) is 5.65. The summed E-state index contributed by atoms with van der Waals surface area (Å²) < 4.78 is 5.57. The van der Waals surface area contributed by atoms with Crippen LogP contribution in [0.2, 0.25) is 0 Å². The van der Waals surface area contributed by atoms with Gasteiger partial charge in [0.15, 0.2) is 0 Å². The second kappa shape index (κ2) is 10.6. The average molecular weight is 412 g/mol. The van der Waals surface area contributed by atoms with Crippen molar-refractivity contribution < 1.29 is 19.2 Å². The summed E-state index contributed by atoms with van der Waals surface area (Å²) in [6.45, 7) is 2.58. The Balaban J connectivity index is 1.73. The van der Waals surface area contributed by atoms with E-state index in [2.05, 4.69) is 16.7 Å². The van der Waals surface area contributed by atoms with Crippen molar-refractivity contribution >= 4 is 11.9 Å². The molecule has 2 atom stereocenters. The zero-order valence-corrected chi connectivity index (χ0v) is 17.4. The second-order valence-corrected chi connectivity index (χ2v) is 7.66. The molecule has 1 heterocycles. The van der Waals surface area contributed by atoms with Gasteiger partial charge < -0.3 is 26.0 Å². The Morgan fingerprint density at radius 2 is 1.73 bits per heavy atom. The summed E-state index contributed by atoms with van der Waals surface area (Å²) in [4.78, 5) is 25.9. The van der Waals surface area contributed by atoms with E-state index in [-0.39, 0.29) is 11.9 Å². The molecule has 0 radical (unpaired) electrons. The Labute approximate surface area is 177 Å². The minimum Gasteiger partial charge on any atom is -0.496 e. The van der Waals surface area contributed by atoms with Gasteiger partial charge in [-0.2, -0.15) is 0 Å². The molecule has 0 bridgehead atoms. The van der Waals surface area contributed by atoms with Gasteiger partial charge in [-0.3, -0.25) is 4.79 Å². The predicted octanol–water partition coefficient (Wildman–Crippen LogP) is 0.811. The Kier molecular flexibility index (Phi) is 7.68. The smallest absolute Gasteiger partial charge is 0.312 e. The maximum atomic E-state index is 13.0. The highest BCUT2D eigenvalue weighted by Crippen LogP contribution is 2.23. The standard InChI is InChI=1S/C23H30N4O3/c1-30-21-12-6-5-11-18(21)20(27-13-7-8-14-27)16-25-22(28)19(26-23(24)29)15-17-9-3-2-4-10-17/h2-6,9-12,19-20H,7-8,13-16H2,1H3,(H,25,28)(H3,24,26,29)/p+1/t19-,20-/m1/s1. The van der Waals surface area contributed by atoms with E-state index < -0.39 is 12.1 Å². The quantitative estimate of drug-likeness (QED) is 0.492. The lowest BCUT2D eigenvalue weighted by Crippen LogP contribution is -3.11. The number of nitrogens with two attached hydrogens (primary N) is 1. The molecule has 1 saturated heterocycles. The van der Waals surface area contributed by atoms with Gasteiger partial charge in [0.25, 0.3) is 0 Å². The van der Waals surface area contributed by atoms with Crippen LogP contribution < -0.4 is 26.0 Å². The number of hydrogen-bond acceptors (Lipinski definition) is 3. The SMILES string of the molecule is COc1ccccc1[C@@H](CNC(=O)[C@@H](Cc1ccccc1)NC(N)=O)[NH+]1CCCC1. The molecule has 2 aromatic carbocycles. The van der Waals surface area contributed by atoms with Crippen molar-refractivity contribution in [3.63, 3.8) is 0 Å². The number of hydrogen-bond donors (Lipinski definition) is 4. The van der Waals surface area contributed by atoms with Crippen LogP contribution in [0.15, 0.2) is 54.6 Å². The minimum atomic E-state index is -0.725. The molecule has 1 aliphatic heterocycles. The van der Waals surface area contributed by atoms with E-state index in [0.29, 0.717) is 13.0 Å². The first kappa shape index (κ1) is 21.6. The van der Waals surface area contributed by atoms with Crippen LogP contribution in [0.4, 0.5) is 4.79 Å². The van der Waals surface area contributed by atoms with Crippen molar-refractivity contribution in [3.8, 4) is 5.75 Å². The summed E-state index contributed by atoms with van der Waals surface area (Å²) in [6, 6.07) is 16.2. The zero-order valence-electron chi connectivity index (χ0n) is 17.4. The van der Waals surface area contributed by atoms with Crippen molar-refractivity contribution in [2.45, 2.75) is 31.3 Å². The van der Waals surface area contributed by atoms with Crippen LogP contribution in [0.5, 0.6) is 5.75 Å². The number of likely N-dealkylation sites (tertiary alicyclic amines) is 1. The monoisotopic (exact) mass is 411 g/mol. The maximum Gasteiger partial charge on any atom is 0.312 e. The zero-order chi connectivity index (χ0) is 21.3. The Hall–Kier alpha value is -3.06. The maximum absolute atomic E-state index is 13.0. The van der Waals surface area contributed by atoms with Crippen molar-refractivity contribution in [2.75, 3.05) is 26.7 Å². The van der Waals surface area contributed by atoms with E-state index in [1.165, 1.54) is 17.7 Å². The molecule has 0 aliphatic carbocycles. The molecule has 0 unspecified atom stereocenters. The van der Waals surface area contributed by atoms with Gasteiger partial charge in [0.1, 0.15) is 17.8 Å². The molecule has 0 spiro atoms. The predicted molar refractivity (Wildman–Crippen MR) is 115 cm³/mol. The van der Waals surface area contributed by atoms with Crippen LogP contribution in [0, 0.1) is 0 Å².